The molecule has 0 fully saturated rings. The molecule has 0 atom stereocenters. The summed E-state index contributed by atoms with van der Waals surface area (Å²) in [6.45, 7) is 5.49. The third-order valence-electron chi connectivity index (χ3n) is 3.61. The Morgan fingerprint density at radius 3 is 2.81 bits per heavy atom. The van der Waals surface area contributed by atoms with Gasteiger partial charge in [-0.2, -0.15) is 0 Å². The molecule has 0 aromatic heterocycles. The van der Waals surface area contributed by atoms with Crippen molar-refractivity contribution in [1.82, 2.24) is 0 Å². The Morgan fingerprint density at radius 2 is 2.12 bits per heavy atom. The van der Waals surface area contributed by atoms with Gasteiger partial charge in [-0.3, -0.25) is 0 Å². The Hall–Kier alpha value is -1.02. The van der Waals surface area contributed by atoms with Crippen molar-refractivity contribution in [3.8, 4) is 0 Å². The monoisotopic (exact) mass is 219 g/mol. The van der Waals surface area contributed by atoms with E-state index in [1.807, 2.05) is 0 Å². The van der Waals surface area contributed by atoms with Crippen LogP contribution >= 0.6 is 0 Å². The van der Waals surface area contributed by atoms with Crippen LogP contribution in [0.1, 0.15) is 31.4 Å². The van der Waals surface area contributed by atoms with Crippen LogP contribution < -0.4 is 4.90 Å². The molecule has 0 saturated heterocycles. The number of aliphatic hydroxyl groups is 1. The average molecular weight is 219 g/mol. The van der Waals surface area contributed by atoms with E-state index in [0.29, 0.717) is 0 Å². The zero-order valence-electron chi connectivity index (χ0n) is 10.5. The van der Waals surface area contributed by atoms with Gasteiger partial charge >= 0.3 is 0 Å². The summed E-state index contributed by atoms with van der Waals surface area (Å²) in [5.41, 5.74) is 3.85. The number of hydrogen-bond acceptors (Lipinski definition) is 2. The first kappa shape index (κ1) is 11.5. The Kier molecular flexibility index (Phi) is 2.94. The highest BCUT2D eigenvalue weighted by molar-refractivity contribution is 5.57. The van der Waals surface area contributed by atoms with Crippen LogP contribution in [-0.2, 0) is 11.8 Å². The largest absolute Gasteiger partial charge is 0.395 e. The number of nitrogens with zero attached hydrogens (tertiary/aromatic N) is 1. The van der Waals surface area contributed by atoms with E-state index in [4.69, 9.17) is 0 Å². The molecular weight excluding hydrogens is 198 g/mol. The number of rotatable bonds is 2. The molecule has 0 bridgehead atoms. The van der Waals surface area contributed by atoms with Gasteiger partial charge in [-0.15, -0.1) is 0 Å². The summed E-state index contributed by atoms with van der Waals surface area (Å²) in [6.07, 6.45) is 2.42. The van der Waals surface area contributed by atoms with Gasteiger partial charge in [0.25, 0.3) is 0 Å². The fraction of sp³-hybridized carbons (Fsp3) is 0.571. The SMILES string of the molecule is CN1CCCc2ccc(C(C)(C)CO)cc21. The molecule has 0 unspecified atom stereocenters. The van der Waals surface area contributed by atoms with Crippen molar-refractivity contribution < 1.29 is 5.11 Å². The topological polar surface area (TPSA) is 23.5 Å². The van der Waals surface area contributed by atoms with Crippen LogP contribution in [-0.4, -0.2) is 25.3 Å². The van der Waals surface area contributed by atoms with E-state index in [1.165, 1.54) is 29.7 Å². The van der Waals surface area contributed by atoms with Crippen molar-refractivity contribution in [2.75, 3.05) is 25.1 Å². The molecule has 0 radical (unpaired) electrons. The van der Waals surface area contributed by atoms with Crippen LogP contribution in [0.15, 0.2) is 18.2 Å². The highest BCUT2D eigenvalue weighted by Crippen LogP contribution is 2.31. The maximum absolute atomic E-state index is 9.40. The number of anilines is 1. The minimum atomic E-state index is -0.146. The molecule has 0 saturated carbocycles. The molecule has 16 heavy (non-hydrogen) atoms. The molecular formula is C14H21NO. The molecule has 2 heteroatoms. The molecule has 1 aromatic carbocycles. The van der Waals surface area contributed by atoms with Crippen molar-refractivity contribution in [3.05, 3.63) is 29.3 Å². The lowest BCUT2D eigenvalue weighted by Gasteiger charge is -2.30. The fourth-order valence-electron chi connectivity index (χ4n) is 2.27. The first-order valence-electron chi connectivity index (χ1n) is 6.00. The molecule has 1 N–H and O–H groups in total. The first-order chi connectivity index (χ1) is 7.54. The molecule has 1 heterocycles. The van der Waals surface area contributed by atoms with Crippen molar-refractivity contribution >= 4 is 5.69 Å². The van der Waals surface area contributed by atoms with Crippen LogP contribution in [0.3, 0.4) is 0 Å². The zero-order chi connectivity index (χ0) is 11.8. The van der Waals surface area contributed by atoms with Crippen LogP contribution in [0, 0.1) is 0 Å². The van der Waals surface area contributed by atoms with E-state index < -0.39 is 0 Å². The normalized spacial score (nSPS) is 16.1. The fourth-order valence-corrected chi connectivity index (χ4v) is 2.27. The molecule has 1 aliphatic rings. The molecule has 1 aromatic rings. The third kappa shape index (κ3) is 1.94. The zero-order valence-corrected chi connectivity index (χ0v) is 10.5. The minimum Gasteiger partial charge on any atom is -0.395 e. The Bertz CT molecular complexity index is 384. The van der Waals surface area contributed by atoms with Gasteiger partial charge in [0.2, 0.25) is 0 Å². The number of aliphatic hydroxyl groups excluding tert-OH is 1. The molecule has 0 spiro atoms. The van der Waals surface area contributed by atoms with Gasteiger partial charge in [0, 0.05) is 24.7 Å². The van der Waals surface area contributed by atoms with Gasteiger partial charge < -0.3 is 10.0 Å². The van der Waals surface area contributed by atoms with Crippen molar-refractivity contribution in [2.45, 2.75) is 32.1 Å². The van der Waals surface area contributed by atoms with Gasteiger partial charge in [-0.25, -0.2) is 0 Å². The lowest BCUT2D eigenvalue weighted by Crippen LogP contribution is -2.27. The highest BCUT2D eigenvalue weighted by atomic mass is 16.3. The summed E-state index contributed by atoms with van der Waals surface area (Å²) in [7, 11) is 2.15. The van der Waals surface area contributed by atoms with E-state index >= 15 is 0 Å². The maximum atomic E-state index is 9.40. The van der Waals surface area contributed by atoms with Gasteiger partial charge in [-0.05, 0) is 30.0 Å². The number of hydrogen-bond donors (Lipinski definition) is 1. The van der Waals surface area contributed by atoms with Crippen LogP contribution in [0.5, 0.6) is 0 Å². The van der Waals surface area contributed by atoms with Crippen LogP contribution in [0.4, 0.5) is 5.69 Å². The second-order valence-electron chi connectivity index (χ2n) is 5.41. The molecule has 0 aliphatic carbocycles. The van der Waals surface area contributed by atoms with E-state index in [9.17, 15) is 5.11 Å². The van der Waals surface area contributed by atoms with E-state index in [-0.39, 0.29) is 12.0 Å². The first-order valence-corrected chi connectivity index (χ1v) is 6.00. The van der Waals surface area contributed by atoms with E-state index in [2.05, 4.69) is 44.0 Å². The quantitative estimate of drug-likeness (QED) is 0.825. The third-order valence-corrected chi connectivity index (χ3v) is 3.61. The summed E-state index contributed by atoms with van der Waals surface area (Å²) in [4.78, 5) is 2.32. The standard InChI is InChI=1S/C14H21NO/c1-14(2,10-16)12-7-6-11-5-4-8-15(3)13(11)9-12/h6-7,9,16H,4-5,8,10H2,1-3H3. The van der Waals surface area contributed by atoms with Gasteiger partial charge in [0.15, 0.2) is 0 Å². The Balaban J connectivity index is 2.41. The average Bonchev–Trinajstić information content (AvgIpc) is 2.29. The maximum Gasteiger partial charge on any atom is 0.0522 e. The summed E-state index contributed by atoms with van der Waals surface area (Å²) in [5.74, 6) is 0. The van der Waals surface area contributed by atoms with E-state index in [1.54, 1.807) is 0 Å². The van der Waals surface area contributed by atoms with Crippen molar-refractivity contribution in [3.63, 3.8) is 0 Å². The molecule has 2 rings (SSSR count). The summed E-state index contributed by atoms with van der Waals surface area (Å²) in [5, 5.41) is 9.40. The summed E-state index contributed by atoms with van der Waals surface area (Å²) >= 11 is 0. The minimum absolute atomic E-state index is 0.146. The molecule has 2 nitrogen and oxygen atoms in total. The van der Waals surface area contributed by atoms with Gasteiger partial charge in [0.05, 0.1) is 6.61 Å². The number of aryl methyl sites for hydroxylation is 1. The lowest BCUT2D eigenvalue weighted by molar-refractivity contribution is 0.218. The predicted molar refractivity (Wildman–Crippen MR) is 68.1 cm³/mol. The lowest BCUT2D eigenvalue weighted by atomic mass is 9.84. The Morgan fingerprint density at radius 1 is 1.38 bits per heavy atom. The van der Waals surface area contributed by atoms with Crippen molar-refractivity contribution in [1.29, 1.82) is 0 Å². The van der Waals surface area contributed by atoms with Crippen LogP contribution in [0.25, 0.3) is 0 Å². The summed E-state index contributed by atoms with van der Waals surface area (Å²) in [6, 6.07) is 6.62. The molecule has 1 aliphatic heterocycles. The predicted octanol–water partition coefficient (Wildman–Crippen LogP) is 2.34. The van der Waals surface area contributed by atoms with E-state index in [0.717, 1.165) is 6.54 Å². The number of benzene rings is 1. The molecule has 88 valence electrons. The van der Waals surface area contributed by atoms with Gasteiger partial charge in [0.1, 0.15) is 0 Å². The Labute approximate surface area is 97.9 Å². The molecule has 0 amide bonds. The van der Waals surface area contributed by atoms with Crippen molar-refractivity contribution in [2.24, 2.45) is 0 Å². The second-order valence-corrected chi connectivity index (χ2v) is 5.41. The van der Waals surface area contributed by atoms with Gasteiger partial charge in [-0.1, -0.05) is 26.0 Å². The van der Waals surface area contributed by atoms with Crippen LogP contribution in [0.2, 0.25) is 0 Å². The smallest absolute Gasteiger partial charge is 0.0522 e. The highest BCUT2D eigenvalue weighted by Gasteiger charge is 2.22. The summed E-state index contributed by atoms with van der Waals surface area (Å²) < 4.78 is 0. The second kappa shape index (κ2) is 4.10. The number of fused-ring (bicyclic) bond motifs is 1.